The van der Waals surface area contributed by atoms with E-state index in [1.54, 1.807) is 0 Å². The van der Waals surface area contributed by atoms with Crippen molar-refractivity contribution in [1.29, 1.82) is 0 Å². The Morgan fingerprint density at radius 1 is 1.06 bits per heavy atom. The first kappa shape index (κ1) is 12.6. The van der Waals surface area contributed by atoms with Crippen molar-refractivity contribution in [3.8, 4) is 0 Å². The fourth-order valence-electron chi connectivity index (χ4n) is 1.54. The third-order valence-electron chi connectivity index (χ3n) is 2.48. The molecule has 2 N–H and O–H groups in total. The third kappa shape index (κ3) is 3.34. The van der Waals surface area contributed by atoms with E-state index in [2.05, 4.69) is 26.6 Å². The zero-order valence-electron chi connectivity index (χ0n) is 9.91. The molecule has 0 saturated heterocycles. The van der Waals surface area contributed by atoms with Crippen LogP contribution in [0.15, 0.2) is 53.0 Å². The number of anilines is 2. The van der Waals surface area contributed by atoms with Crippen molar-refractivity contribution in [2.45, 2.75) is 6.92 Å². The summed E-state index contributed by atoms with van der Waals surface area (Å²) < 4.78 is 0.933. The van der Waals surface area contributed by atoms with Crippen LogP contribution in [0, 0.1) is 6.92 Å². The zero-order chi connectivity index (χ0) is 13.0. The normalized spacial score (nSPS) is 9.89. The first-order chi connectivity index (χ1) is 8.65. The van der Waals surface area contributed by atoms with Gasteiger partial charge in [-0.3, -0.25) is 0 Å². The van der Waals surface area contributed by atoms with Crippen molar-refractivity contribution in [1.82, 2.24) is 0 Å². The Labute approximate surface area is 114 Å². The summed E-state index contributed by atoms with van der Waals surface area (Å²) in [5.74, 6) is 0. The van der Waals surface area contributed by atoms with Crippen LogP contribution in [0.4, 0.5) is 16.2 Å². The molecule has 0 bridgehead atoms. The third-order valence-corrected chi connectivity index (χ3v) is 2.97. The maximum absolute atomic E-state index is 11.8. The van der Waals surface area contributed by atoms with Gasteiger partial charge in [0.2, 0.25) is 0 Å². The summed E-state index contributed by atoms with van der Waals surface area (Å²) in [6, 6.07) is 14.8. The van der Waals surface area contributed by atoms with Gasteiger partial charge in [-0.1, -0.05) is 40.2 Å². The van der Waals surface area contributed by atoms with Gasteiger partial charge < -0.3 is 10.6 Å². The molecule has 0 heterocycles. The first-order valence-corrected chi connectivity index (χ1v) is 6.33. The van der Waals surface area contributed by atoms with E-state index >= 15 is 0 Å². The summed E-state index contributed by atoms with van der Waals surface area (Å²) in [4.78, 5) is 11.8. The lowest BCUT2D eigenvalue weighted by Crippen LogP contribution is -2.19. The van der Waals surface area contributed by atoms with Gasteiger partial charge in [-0.2, -0.15) is 0 Å². The molecule has 2 aromatic rings. The Bertz CT molecular complexity index is 555. The molecule has 0 aromatic heterocycles. The van der Waals surface area contributed by atoms with E-state index in [4.69, 9.17) is 0 Å². The van der Waals surface area contributed by atoms with Crippen LogP contribution < -0.4 is 10.6 Å². The van der Waals surface area contributed by atoms with Crippen LogP contribution in [-0.2, 0) is 0 Å². The summed E-state index contributed by atoms with van der Waals surface area (Å²) in [5, 5.41) is 5.59. The van der Waals surface area contributed by atoms with Gasteiger partial charge in [0.05, 0.1) is 0 Å². The molecule has 0 saturated carbocycles. The minimum absolute atomic E-state index is 0.248. The summed E-state index contributed by atoms with van der Waals surface area (Å²) in [6.07, 6.45) is 0. The number of nitrogens with one attached hydrogen (secondary N) is 2. The van der Waals surface area contributed by atoms with E-state index in [1.165, 1.54) is 0 Å². The second-order valence-electron chi connectivity index (χ2n) is 3.90. The number of hydrogen-bond acceptors (Lipinski definition) is 1. The average molecular weight is 305 g/mol. The van der Waals surface area contributed by atoms with Gasteiger partial charge in [0.1, 0.15) is 0 Å². The lowest BCUT2D eigenvalue weighted by atomic mass is 10.2. The number of halogens is 1. The predicted molar refractivity (Wildman–Crippen MR) is 78.0 cm³/mol. The van der Waals surface area contributed by atoms with Crippen molar-refractivity contribution < 1.29 is 4.79 Å². The molecule has 0 spiro atoms. The molecule has 18 heavy (non-hydrogen) atoms. The summed E-state index contributed by atoms with van der Waals surface area (Å²) in [5.41, 5.74) is 2.57. The molecule has 0 unspecified atom stereocenters. The van der Waals surface area contributed by atoms with Crippen LogP contribution in [0.3, 0.4) is 0 Å². The van der Waals surface area contributed by atoms with E-state index in [-0.39, 0.29) is 6.03 Å². The Morgan fingerprint density at radius 3 is 2.50 bits per heavy atom. The standard InChI is InChI=1S/C14H13BrN2O/c1-10-7-8-11(15)9-13(10)17-14(18)16-12-5-3-2-4-6-12/h2-9H,1H3,(H2,16,17,18). The highest BCUT2D eigenvalue weighted by Crippen LogP contribution is 2.20. The summed E-state index contributed by atoms with van der Waals surface area (Å²) >= 11 is 3.38. The molecule has 92 valence electrons. The fraction of sp³-hybridized carbons (Fsp3) is 0.0714. The van der Waals surface area contributed by atoms with Gasteiger partial charge >= 0.3 is 6.03 Å². The quantitative estimate of drug-likeness (QED) is 0.848. The second kappa shape index (κ2) is 5.69. The van der Waals surface area contributed by atoms with E-state index < -0.39 is 0 Å². The van der Waals surface area contributed by atoms with Crippen molar-refractivity contribution in [3.05, 3.63) is 58.6 Å². The molecule has 0 atom stereocenters. The van der Waals surface area contributed by atoms with E-state index in [0.29, 0.717) is 0 Å². The van der Waals surface area contributed by atoms with Crippen LogP contribution in [0.25, 0.3) is 0 Å². The van der Waals surface area contributed by atoms with Crippen molar-refractivity contribution in [3.63, 3.8) is 0 Å². The number of hydrogen-bond donors (Lipinski definition) is 2. The highest BCUT2D eigenvalue weighted by molar-refractivity contribution is 9.10. The van der Waals surface area contributed by atoms with Crippen molar-refractivity contribution >= 4 is 33.3 Å². The van der Waals surface area contributed by atoms with Crippen LogP contribution in [0.2, 0.25) is 0 Å². The number of rotatable bonds is 2. The van der Waals surface area contributed by atoms with Gasteiger partial charge in [-0.05, 0) is 36.8 Å². The number of carbonyl (C=O) groups is 1. The summed E-state index contributed by atoms with van der Waals surface area (Å²) in [6.45, 7) is 1.95. The minimum atomic E-state index is -0.248. The van der Waals surface area contributed by atoms with Crippen LogP contribution in [-0.4, -0.2) is 6.03 Å². The number of benzene rings is 2. The fourth-order valence-corrected chi connectivity index (χ4v) is 1.90. The molecular formula is C14H13BrN2O. The van der Waals surface area contributed by atoms with E-state index in [9.17, 15) is 4.79 Å². The van der Waals surface area contributed by atoms with Gasteiger partial charge in [-0.25, -0.2) is 4.79 Å². The number of urea groups is 1. The average Bonchev–Trinajstić information content (AvgIpc) is 2.35. The molecule has 2 amide bonds. The van der Waals surface area contributed by atoms with Crippen LogP contribution >= 0.6 is 15.9 Å². The second-order valence-corrected chi connectivity index (χ2v) is 4.82. The summed E-state index contributed by atoms with van der Waals surface area (Å²) in [7, 11) is 0. The molecule has 0 aliphatic heterocycles. The largest absolute Gasteiger partial charge is 0.323 e. The lowest BCUT2D eigenvalue weighted by molar-refractivity contribution is 0.262. The Balaban J connectivity index is 2.05. The Hall–Kier alpha value is -1.81. The lowest BCUT2D eigenvalue weighted by Gasteiger charge is -2.10. The Kier molecular flexibility index (Phi) is 3.99. The molecule has 0 fully saturated rings. The molecule has 0 radical (unpaired) electrons. The monoisotopic (exact) mass is 304 g/mol. The maximum Gasteiger partial charge on any atom is 0.323 e. The highest BCUT2D eigenvalue weighted by atomic mass is 79.9. The van der Waals surface area contributed by atoms with E-state index in [1.807, 2.05) is 55.5 Å². The van der Waals surface area contributed by atoms with Gasteiger partial charge in [0.25, 0.3) is 0 Å². The molecular weight excluding hydrogens is 292 g/mol. The molecule has 0 aliphatic carbocycles. The number of para-hydroxylation sites is 1. The van der Waals surface area contributed by atoms with Crippen LogP contribution in [0.5, 0.6) is 0 Å². The number of aryl methyl sites for hydroxylation is 1. The molecule has 2 aromatic carbocycles. The van der Waals surface area contributed by atoms with Gasteiger partial charge in [0.15, 0.2) is 0 Å². The topological polar surface area (TPSA) is 41.1 Å². The number of amides is 2. The smallest absolute Gasteiger partial charge is 0.308 e. The molecule has 4 heteroatoms. The maximum atomic E-state index is 11.8. The zero-order valence-corrected chi connectivity index (χ0v) is 11.5. The Morgan fingerprint density at radius 2 is 1.78 bits per heavy atom. The molecule has 2 rings (SSSR count). The van der Waals surface area contributed by atoms with Crippen molar-refractivity contribution in [2.75, 3.05) is 10.6 Å². The molecule has 0 aliphatic rings. The molecule has 3 nitrogen and oxygen atoms in total. The number of carbonyl (C=O) groups excluding carboxylic acids is 1. The highest BCUT2D eigenvalue weighted by Gasteiger charge is 2.05. The van der Waals surface area contributed by atoms with Gasteiger partial charge in [-0.15, -0.1) is 0 Å². The van der Waals surface area contributed by atoms with E-state index in [0.717, 1.165) is 21.4 Å². The van der Waals surface area contributed by atoms with Crippen LogP contribution in [0.1, 0.15) is 5.56 Å². The first-order valence-electron chi connectivity index (χ1n) is 5.54. The predicted octanol–water partition coefficient (Wildman–Crippen LogP) is 4.40. The van der Waals surface area contributed by atoms with Crippen molar-refractivity contribution in [2.24, 2.45) is 0 Å². The van der Waals surface area contributed by atoms with Gasteiger partial charge in [0, 0.05) is 15.8 Å². The SMILES string of the molecule is Cc1ccc(Br)cc1NC(=O)Nc1ccccc1. The minimum Gasteiger partial charge on any atom is -0.308 e.